The molecule has 0 aromatic heterocycles. The highest BCUT2D eigenvalue weighted by Gasteiger charge is 2.20. The van der Waals surface area contributed by atoms with Gasteiger partial charge in [0.2, 0.25) is 0 Å². The summed E-state index contributed by atoms with van der Waals surface area (Å²) in [5.74, 6) is 0.913. The van der Waals surface area contributed by atoms with Gasteiger partial charge in [0.15, 0.2) is 5.96 Å². The molecule has 1 saturated carbocycles. The molecule has 0 saturated heterocycles. The van der Waals surface area contributed by atoms with Gasteiger partial charge in [0.25, 0.3) is 0 Å². The van der Waals surface area contributed by atoms with E-state index in [9.17, 15) is 5.11 Å². The van der Waals surface area contributed by atoms with E-state index in [0.29, 0.717) is 18.1 Å². The van der Waals surface area contributed by atoms with Gasteiger partial charge in [0.05, 0.1) is 12.6 Å². The van der Waals surface area contributed by atoms with Crippen molar-refractivity contribution in [3.8, 4) is 0 Å². The summed E-state index contributed by atoms with van der Waals surface area (Å²) < 4.78 is 0. The number of halogens is 1. The van der Waals surface area contributed by atoms with Crippen molar-refractivity contribution in [2.24, 2.45) is 4.99 Å². The van der Waals surface area contributed by atoms with Gasteiger partial charge in [0.1, 0.15) is 0 Å². The highest BCUT2D eigenvalue weighted by molar-refractivity contribution is 14.0. The van der Waals surface area contributed by atoms with Crippen LogP contribution in [0.5, 0.6) is 0 Å². The first-order valence-electron chi connectivity index (χ1n) is 8.92. The van der Waals surface area contributed by atoms with Crippen molar-refractivity contribution in [3.05, 3.63) is 0 Å². The highest BCUT2D eigenvalue weighted by Crippen LogP contribution is 2.18. The van der Waals surface area contributed by atoms with Crippen LogP contribution in [-0.4, -0.2) is 59.8 Å². The van der Waals surface area contributed by atoms with Crippen LogP contribution < -0.4 is 10.6 Å². The smallest absolute Gasteiger partial charge is 0.191 e. The van der Waals surface area contributed by atoms with E-state index in [1.165, 1.54) is 0 Å². The van der Waals surface area contributed by atoms with Crippen LogP contribution in [0.3, 0.4) is 0 Å². The molecule has 23 heavy (non-hydrogen) atoms. The minimum Gasteiger partial charge on any atom is -0.393 e. The van der Waals surface area contributed by atoms with Crippen molar-refractivity contribution in [1.82, 2.24) is 15.5 Å². The Morgan fingerprint density at radius 1 is 1.13 bits per heavy atom. The molecule has 3 N–H and O–H groups in total. The SMILES string of the molecule is CCNC(=NCCN(C(C)C)C(C)C)NC1CCC(O)CC1.I. The molecule has 6 heteroatoms. The second-order valence-corrected chi connectivity index (χ2v) is 6.84. The van der Waals surface area contributed by atoms with E-state index in [1.807, 2.05) is 0 Å². The van der Waals surface area contributed by atoms with E-state index in [2.05, 4.69) is 50.2 Å². The molecule has 1 aliphatic rings. The number of nitrogens with one attached hydrogen (secondary N) is 2. The van der Waals surface area contributed by atoms with Crippen molar-refractivity contribution in [2.45, 2.75) is 84.5 Å². The molecule has 0 aromatic rings. The Morgan fingerprint density at radius 3 is 2.17 bits per heavy atom. The molecule has 1 rings (SSSR count). The van der Waals surface area contributed by atoms with Crippen LogP contribution in [0.2, 0.25) is 0 Å². The summed E-state index contributed by atoms with van der Waals surface area (Å²) in [7, 11) is 0. The van der Waals surface area contributed by atoms with Gasteiger partial charge in [-0.2, -0.15) is 0 Å². The maximum absolute atomic E-state index is 9.59. The molecule has 0 bridgehead atoms. The summed E-state index contributed by atoms with van der Waals surface area (Å²) in [6, 6.07) is 1.53. The Kier molecular flexibility index (Phi) is 12.3. The van der Waals surface area contributed by atoms with Crippen LogP contribution >= 0.6 is 24.0 Å². The average molecular weight is 440 g/mol. The summed E-state index contributed by atoms with van der Waals surface area (Å²) in [5.41, 5.74) is 0. The second-order valence-electron chi connectivity index (χ2n) is 6.84. The number of nitrogens with zero attached hydrogens (tertiary/aromatic N) is 2. The fraction of sp³-hybridized carbons (Fsp3) is 0.941. The minimum absolute atomic E-state index is 0. The lowest BCUT2D eigenvalue weighted by Crippen LogP contribution is -2.46. The quantitative estimate of drug-likeness (QED) is 0.324. The first kappa shape index (κ1) is 22.9. The Balaban J connectivity index is 0.00000484. The summed E-state index contributed by atoms with van der Waals surface area (Å²) in [5, 5.41) is 16.4. The van der Waals surface area contributed by atoms with Crippen molar-refractivity contribution in [2.75, 3.05) is 19.6 Å². The van der Waals surface area contributed by atoms with Gasteiger partial charge >= 0.3 is 0 Å². The molecule has 0 atom stereocenters. The summed E-state index contributed by atoms with van der Waals surface area (Å²) in [4.78, 5) is 7.18. The number of rotatable bonds is 7. The molecule has 0 aliphatic heterocycles. The van der Waals surface area contributed by atoms with Crippen LogP contribution in [0.25, 0.3) is 0 Å². The van der Waals surface area contributed by atoms with Crippen molar-refractivity contribution in [1.29, 1.82) is 0 Å². The van der Waals surface area contributed by atoms with E-state index >= 15 is 0 Å². The Hall–Kier alpha value is -0.0800. The van der Waals surface area contributed by atoms with Crippen molar-refractivity contribution < 1.29 is 5.11 Å². The van der Waals surface area contributed by atoms with E-state index in [4.69, 9.17) is 4.99 Å². The largest absolute Gasteiger partial charge is 0.393 e. The molecular formula is C17H37IN4O. The number of aliphatic imine (C=N–C) groups is 1. The van der Waals surface area contributed by atoms with Crippen LogP contribution in [0.4, 0.5) is 0 Å². The van der Waals surface area contributed by atoms with E-state index in [0.717, 1.165) is 51.3 Å². The lowest BCUT2D eigenvalue weighted by atomic mass is 9.93. The number of hydrogen-bond donors (Lipinski definition) is 3. The topological polar surface area (TPSA) is 59.9 Å². The minimum atomic E-state index is -0.108. The number of hydrogen-bond acceptors (Lipinski definition) is 3. The van der Waals surface area contributed by atoms with Gasteiger partial charge in [-0.25, -0.2) is 0 Å². The highest BCUT2D eigenvalue weighted by atomic mass is 127. The number of aliphatic hydroxyl groups excluding tert-OH is 1. The molecule has 0 radical (unpaired) electrons. The Labute approximate surface area is 159 Å². The molecule has 0 spiro atoms. The predicted octanol–water partition coefficient (Wildman–Crippen LogP) is 2.58. The summed E-state index contributed by atoms with van der Waals surface area (Å²) in [6.07, 6.45) is 3.73. The lowest BCUT2D eigenvalue weighted by Gasteiger charge is -2.30. The molecule has 5 nitrogen and oxygen atoms in total. The van der Waals surface area contributed by atoms with Crippen LogP contribution in [0.1, 0.15) is 60.3 Å². The summed E-state index contributed by atoms with van der Waals surface area (Å²) in [6.45, 7) is 13.7. The summed E-state index contributed by atoms with van der Waals surface area (Å²) >= 11 is 0. The van der Waals surface area contributed by atoms with Crippen molar-refractivity contribution >= 4 is 29.9 Å². The van der Waals surface area contributed by atoms with Gasteiger partial charge in [-0.1, -0.05) is 0 Å². The van der Waals surface area contributed by atoms with Crippen LogP contribution in [-0.2, 0) is 0 Å². The van der Waals surface area contributed by atoms with Gasteiger partial charge in [-0.15, -0.1) is 24.0 Å². The third-order valence-corrected chi connectivity index (χ3v) is 4.34. The molecule has 138 valence electrons. The normalized spacial score (nSPS) is 22.4. The van der Waals surface area contributed by atoms with Crippen LogP contribution in [0.15, 0.2) is 4.99 Å². The van der Waals surface area contributed by atoms with Gasteiger partial charge in [-0.3, -0.25) is 9.89 Å². The van der Waals surface area contributed by atoms with E-state index < -0.39 is 0 Å². The predicted molar refractivity (Wildman–Crippen MR) is 110 cm³/mol. The first-order valence-corrected chi connectivity index (χ1v) is 8.92. The average Bonchev–Trinajstić information content (AvgIpc) is 2.45. The zero-order chi connectivity index (χ0) is 16.5. The lowest BCUT2D eigenvalue weighted by molar-refractivity contribution is 0.120. The molecule has 0 heterocycles. The zero-order valence-corrected chi connectivity index (χ0v) is 17.8. The zero-order valence-electron chi connectivity index (χ0n) is 15.5. The van der Waals surface area contributed by atoms with Gasteiger partial charge < -0.3 is 15.7 Å². The Bertz CT molecular complexity index is 321. The monoisotopic (exact) mass is 440 g/mol. The number of guanidine groups is 1. The molecule has 1 fully saturated rings. The molecule has 0 aromatic carbocycles. The van der Waals surface area contributed by atoms with Gasteiger partial charge in [-0.05, 0) is 60.3 Å². The Morgan fingerprint density at radius 2 is 1.70 bits per heavy atom. The number of aliphatic hydroxyl groups is 1. The molecule has 1 aliphatic carbocycles. The molecule has 0 unspecified atom stereocenters. The fourth-order valence-electron chi connectivity index (χ4n) is 3.12. The second kappa shape index (κ2) is 12.3. The molecule has 0 amide bonds. The first-order chi connectivity index (χ1) is 10.4. The fourth-order valence-corrected chi connectivity index (χ4v) is 3.12. The van der Waals surface area contributed by atoms with Crippen LogP contribution in [0, 0.1) is 0 Å². The maximum Gasteiger partial charge on any atom is 0.191 e. The van der Waals surface area contributed by atoms with E-state index in [-0.39, 0.29) is 30.1 Å². The third kappa shape index (κ3) is 9.10. The van der Waals surface area contributed by atoms with Crippen molar-refractivity contribution in [3.63, 3.8) is 0 Å². The van der Waals surface area contributed by atoms with Gasteiger partial charge in [0, 0.05) is 31.2 Å². The standard InChI is InChI=1S/C17H36N4O.HI/c1-6-18-17(20-15-7-9-16(22)10-8-15)19-11-12-21(13(2)3)14(4)5;/h13-16,22H,6-12H2,1-5H3,(H2,18,19,20);1H. The third-order valence-electron chi connectivity index (χ3n) is 4.34. The molecular weight excluding hydrogens is 403 g/mol. The van der Waals surface area contributed by atoms with E-state index in [1.54, 1.807) is 0 Å². The maximum atomic E-state index is 9.59.